The van der Waals surface area contributed by atoms with Crippen LogP contribution in [0.3, 0.4) is 0 Å². The van der Waals surface area contributed by atoms with Crippen molar-refractivity contribution in [3.8, 4) is 11.5 Å². The first-order valence-electron chi connectivity index (χ1n) is 6.24. The standard InChI is InChI=1S/C13H14FN3OS/c14-10-5-4-8(15)7-9(10)13-16-12(17-18-13)11-3-1-2-6-19-11/h4-5,7,11H,1-3,6,15H2. The zero-order chi connectivity index (χ0) is 13.2. The molecule has 1 aliphatic rings. The molecule has 0 radical (unpaired) electrons. The predicted octanol–water partition coefficient (Wildman–Crippen LogP) is 3.42. The SMILES string of the molecule is Nc1ccc(F)c(-c2nc(C3CCCCS3)no2)c1. The summed E-state index contributed by atoms with van der Waals surface area (Å²) in [6.07, 6.45) is 3.45. The number of hydrogen-bond acceptors (Lipinski definition) is 5. The van der Waals surface area contributed by atoms with Crippen molar-refractivity contribution in [2.75, 3.05) is 11.5 Å². The molecule has 4 nitrogen and oxygen atoms in total. The van der Waals surface area contributed by atoms with Crippen molar-refractivity contribution in [3.05, 3.63) is 29.8 Å². The fraction of sp³-hybridized carbons (Fsp3) is 0.385. The number of hydrogen-bond donors (Lipinski definition) is 1. The van der Waals surface area contributed by atoms with Crippen LogP contribution in [0.5, 0.6) is 0 Å². The van der Waals surface area contributed by atoms with Gasteiger partial charge in [-0.3, -0.25) is 0 Å². The van der Waals surface area contributed by atoms with Crippen LogP contribution in [0.4, 0.5) is 10.1 Å². The molecule has 0 spiro atoms. The molecule has 0 amide bonds. The molecule has 2 heterocycles. The highest BCUT2D eigenvalue weighted by Crippen LogP contribution is 2.37. The van der Waals surface area contributed by atoms with E-state index in [9.17, 15) is 4.39 Å². The molecule has 0 saturated carbocycles. The Labute approximate surface area is 114 Å². The van der Waals surface area contributed by atoms with Gasteiger partial charge in [0.15, 0.2) is 5.82 Å². The fourth-order valence-corrected chi connectivity index (χ4v) is 3.36. The second kappa shape index (κ2) is 5.21. The van der Waals surface area contributed by atoms with Crippen molar-refractivity contribution in [1.29, 1.82) is 0 Å². The summed E-state index contributed by atoms with van der Waals surface area (Å²) in [5.41, 5.74) is 6.39. The number of nitrogens with two attached hydrogens (primary N) is 1. The Morgan fingerprint density at radius 1 is 1.37 bits per heavy atom. The third-order valence-corrected chi connectivity index (χ3v) is 4.50. The third kappa shape index (κ3) is 2.58. The van der Waals surface area contributed by atoms with E-state index in [1.165, 1.54) is 31.0 Å². The zero-order valence-corrected chi connectivity index (χ0v) is 11.1. The Hall–Kier alpha value is -1.56. The van der Waals surface area contributed by atoms with Gasteiger partial charge in [0.05, 0.1) is 10.8 Å². The van der Waals surface area contributed by atoms with Gasteiger partial charge in [-0.05, 0) is 36.8 Å². The Bertz CT molecular complexity index is 581. The number of benzene rings is 1. The highest BCUT2D eigenvalue weighted by molar-refractivity contribution is 7.99. The number of anilines is 1. The van der Waals surface area contributed by atoms with Gasteiger partial charge in [0.25, 0.3) is 5.89 Å². The second-order valence-electron chi connectivity index (χ2n) is 4.55. The maximum Gasteiger partial charge on any atom is 0.261 e. The lowest BCUT2D eigenvalue weighted by atomic mass is 10.1. The lowest BCUT2D eigenvalue weighted by Crippen LogP contribution is -2.03. The van der Waals surface area contributed by atoms with Crippen LogP contribution in [0, 0.1) is 5.82 Å². The number of rotatable bonds is 2. The quantitative estimate of drug-likeness (QED) is 0.853. The van der Waals surface area contributed by atoms with Crippen LogP contribution in [0.1, 0.15) is 30.3 Å². The fourth-order valence-electron chi connectivity index (χ4n) is 2.13. The molecule has 1 atom stereocenters. The molecule has 3 rings (SSSR count). The maximum absolute atomic E-state index is 13.7. The van der Waals surface area contributed by atoms with Crippen molar-refractivity contribution in [3.63, 3.8) is 0 Å². The van der Waals surface area contributed by atoms with Gasteiger partial charge >= 0.3 is 0 Å². The van der Waals surface area contributed by atoms with E-state index >= 15 is 0 Å². The lowest BCUT2D eigenvalue weighted by Gasteiger charge is -2.17. The van der Waals surface area contributed by atoms with Gasteiger partial charge < -0.3 is 10.3 Å². The lowest BCUT2D eigenvalue weighted by molar-refractivity contribution is 0.418. The van der Waals surface area contributed by atoms with E-state index in [4.69, 9.17) is 10.3 Å². The van der Waals surface area contributed by atoms with Crippen LogP contribution in [-0.2, 0) is 0 Å². The summed E-state index contributed by atoms with van der Waals surface area (Å²) in [7, 11) is 0. The van der Waals surface area contributed by atoms with Gasteiger partial charge in [-0.15, -0.1) is 0 Å². The topological polar surface area (TPSA) is 64.9 Å². The number of nitrogen functional groups attached to an aromatic ring is 1. The minimum Gasteiger partial charge on any atom is -0.399 e. The molecular weight excluding hydrogens is 265 g/mol. The molecule has 1 unspecified atom stereocenters. The van der Waals surface area contributed by atoms with E-state index in [0.717, 1.165) is 12.2 Å². The summed E-state index contributed by atoms with van der Waals surface area (Å²) in [6, 6.07) is 4.33. The van der Waals surface area contributed by atoms with Crippen molar-refractivity contribution in [2.45, 2.75) is 24.5 Å². The smallest absolute Gasteiger partial charge is 0.261 e. The summed E-state index contributed by atoms with van der Waals surface area (Å²) < 4.78 is 18.9. The summed E-state index contributed by atoms with van der Waals surface area (Å²) >= 11 is 1.83. The molecule has 1 aromatic carbocycles. The predicted molar refractivity (Wildman–Crippen MR) is 73.2 cm³/mol. The van der Waals surface area contributed by atoms with Crippen molar-refractivity contribution < 1.29 is 8.91 Å². The number of aromatic nitrogens is 2. The van der Waals surface area contributed by atoms with Crippen molar-refractivity contribution in [2.24, 2.45) is 0 Å². The molecule has 100 valence electrons. The first-order chi connectivity index (χ1) is 9.24. The second-order valence-corrected chi connectivity index (χ2v) is 5.86. The van der Waals surface area contributed by atoms with E-state index in [1.807, 2.05) is 11.8 Å². The van der Waals surface area contributed by atoms with Gasteiger partial charge in [0, 0.05) is 5.69 Å². The monoisotopic (exact) mass is 279 g/mol. The van der Waals surface area contributed by atoms with E-state index in [2.05, 4.69) is 10.1 Å². The Morgan fingerprint density at radius 3 is 3.05 bits per heavy atom. The maximum atomic E-state index is 13.7. The van der Waals surface area contributed by atoms with Crippen LogP contribution in [-0.4, -0.2) is 15.9 Å². The Kier molecular flexibility index (Phi) is 3.42. The molecule has 19 heavy (non-hydrogen) atoms. The van der Waals surface area contributed by atoms with Crippen molar-refractivity contribution >= 4 is 17.4 Å². The Balaban J connectivity index is 1.89. The molecule has 2 aromatic rings. The minimum atomic E-state index is -0.402. The van der Waals surface area contributed by atoms with Gasteiger partial charge in [-0.2, -0.15) is 16.7 Å². The molecule has 0 aliphatic carbocycles. The van der Waals surface area contributed by atoms with Crippen LogP contribution < -0.4 is 5.73 Å². The van der Waals surface area contributed by atoms with Gasteiger partial charge in [-0.25, -0.2) is 4.39 Å². The first kappa shape index (κ1) is 12.5. The molecule has 1 fully saturated rings. The van der Waals surface area contributed by atoms with Crippen LogP contribution >= 0.6 is 11.8 Å². The van der Waals surface area contributed by atoms with E-state index < -0.39 is 5.82 Å². The number of nitrogens with zero attached hydrogens (tertiary/aromatic N) is 2. The minimum absolute atomic E-state index is 0.200. The zero-order valence-electron chi connectivity index (χ0n) is 10.3. The summed E-state index contributed by atoms with van der Waals surface area (Å²) in [4.78, 5) is 4.31. The van der Waals surface area contributed by atoms with Crippen LogP contribution in [0.15, 0.2) is 22.7 Å². The summed E-state index contributed by atoms with van der Waals surface area (Å²) in [5.74, 6) is 1.56. The average Bonchev–Trinajstić information content (AvgIpc) is 2.92. The molecule has 1 aromatic heterocycles. The number of thioether (sulfide) groups is 1. The van der Waals surface area contributed by atoms with Gasteiger partial charge in [-0.1, -0.05) is 11.6 Å². The largest absolute Gasteiger partial charge is 0.399 e. The van der Waals surface area contributed by atoms with Gasteiger partial charge in [0.2, 0.25) is 0 Å². The van der Waals surface area contributed by atoms with Crippen LogP contribution in [0.2, 0.25) is 0 Å². The summed E-state index contributed by atoms with van der Waals surface area (Å²) in [5, 5.41) is 4.23. The van der Waals surface area contributed by atoms with E-state index in [-0.39, 0.29) is 16.7 Å². The molecule has 2 N–H and O–H groups in total. The third-order valence-electron chi connectivity index (χ3n) is 3.13. The highest BCUT2D eigenvalue weighted by Gasteiger charge is 2.22. The molecule has 1 saturated heterocycles. The summed E-state index contributed by atoms with van der Waals surface area (Å²) in [6.45, 7) is 0. The molecule has 0 bridgehead atoms. The number of halogens is 1. The highest BCUT2D eigenvalue weighted by atomic mass is 32.2. The molecule has 6 heteroatoms. The first-order valence-corrected chi connectivity index (χ1v) is 7.29. The van der Waals surface area contributed by atoms with Crippen LogP contribution in [0.25, 0.3) is 11.5 Å². The molecular formula is C13H14FN3OS. The van der Waals surface area contributed by atoms with E-state index in [1.54, 1.807) is 0 Å². The Morgan fingerprint density at radius 2 is 2.26 bits per heavy atom. The van der Waals surface area contributed by atoms with E-state index in [0.29, 0.717) is 11.5 Å². The van der Waals surface area contributed by atoms with Gasteiger partial charge in [0.1, 0.15) is 5.82 Å². The average molecular weight is 279 g/mol. The van der Waals surface area contributed by atoms with Crippen molar-refractivity contribution in [1.82, 2.24) is 10.1 Å². The normalized spacial score (nSPS) is 19.5. The molecule has 1 aliphatic heterocycles.